The molecule has 0 aliphatic carbocycles. The van der Waals surface area contributed by atoms with Gasteiger partial charge in [0.15, 0.2) is 0 Å². The third kappa shape index (κ3) is 5.30. The molecule has 0 saturated carbocycles. The molecule has 5 rings (SSSR count). The molecule has 0 N–H and O–H groups in total. The lowest BCUT2D eigenvalue weighted by Crippen LogP contribution is -2.24. The van der Waals surface area contributed by atoms with E-state index in [0.717, 1.165) is 46.0 Å². The van der Waals surface area contributed by atoms with Gasteiger partial charge in [-0.25, -0.2) is 0 Å². The number of hydrogen-bond donors (Lipinski definition) is 0. The summed E-state index contributed by atoms with van der Waals surface area (Å²) in [5.74, 6) is 0.990. The van der Waals surface area contributed by atoms with Crippen LogP contribution in [0.2, 0.25) is 0 Å². The van der Waals surface area contributed by atoms with E-state index >= 15 is 0 Å². The number of rotatable bonds is 6. The minimum Gasteiger partial charge on any atom is -0.307 e. The molecule has 218 valence electrons. The molecular formula is C37H39F3N2. The van der Waals surface area contributed by atoms with Gasteiger partial charge in [0, 0.05) is 16.8 Å². The smallest absolute Gasteiger partial charge is 0.307 e. The Labute approximate surface area is 248 Å². The van der Waals surface area contributed by atoms with Gasteiger partial charge in [-0.3, -0.25) is 0 Å². The maximum atomic E-state index is 13.5. The minimum atomic E-state index is -4.40. The molecule has 0 amide bonds. The van der Waals surface area contributed by atoms with Crippen molar-refractivity contribution in [1.82, 2.24) is 4.90 Å². The van der Waals surface area contributed by atoms with Crippen molar-refractivity contribution in [2.75, 3.05) is 4.90 Å². The van der Waals surface area contributed by atoms with Crippen LogP contribution in [-0.2, 0) is 6.18 Å². The summed E-state index contributed by atoms with van der Waals surface area (Å²) in [6.07, 6.45) is 1.82. The zero-order valence-electron chi connectivity index (χ0n) is 25.7. The number of nitrogens with zero attached hydrogens (tertiary/aromatic N) is 2. The zero-order chi connectivity index (χ0) is 30.5. The lowest BCUT2D eigenvalue weighted by atomic mass is 9.82. The van der Waals surface area contributed by atoms with Crippen LogP contribution in [0.1, 0.15) is 104 Å². The summed E-state index contributed by atoms with van der Waals surface area (Å²) >= 11 is 0. The number of fused-ring (bicyclic) bond motifs is 1. The second-order valence-corrected chi connectivity index (χ2v) is 12.3. The zero-order valence-corrected chi connectivity index (χ0v) is 25.7. The number of benzene rings is 3. The van der Waals surface area contributed by atoms with Crippen molar-refractivity contribution in [3.63, 3.8) is 0 Å². The van der Waals surface area contributed by atoms with Crippen LogP contribution in [-0.4, -0.2) is 4.90 Å². The van der Waals surface area contributed by atoms with E-state index in [-0.39, 0.29) is 0 Å². The number of para-hydroxylation sites is 1. The number of allylic oxidation sites excluding steroid dienone is 3. The van der Waals surface area contributed by atoms with Crippen molar-refractivity contribution in [2.45, 2.75) is 79.3 Å². The van der Waals surface area contributed by atoms with Gasteiger partial charge >= 0.3 is 6.18 Å². The molecule has 2 aliphatic heterocycles. The predicted octanol–water partition coefficient (Wildman–Crippen LogP) is 10.8. The van der Waals surface area contributed by atoms with Gasteiger partial charge in [0.2, 0.25) is 6.67 Å². The molecule has 0 unspecified atom stereocenters. The van der Waals surface area contributed by atoms with E-state index in [1.807, 2.05) is 23.1 Å². The second-order valence-electron chi connectivity index (χ2n) is 12.3. The van der Waals surface area contributed by atoms with Crippen molar-refractivity contribution in [3.8, 4) is 0 Å². The van der Waals surface area contributed by atoms with Crippen molar-refractivity contribution < 1.29 is 13.2 Å². The van der Waals surface area contributed by atoms with E-state index in [1.165, 1.54) is 22.3 Å². The summed E-state index contributed by atoms with van der Waals surface area (Å²) in [7, 11) is 0. The van der Waals surface area contributed by atoms with Crippen LogP contribution >= 0.6 is 0 Å². The topological polar surface area (TPSA) is 6.48 Å². The van der Waals surface area contributed by atoms with Gasteiger partial charge < -0.3 is 9.80 Å². The summed E-state index contributed by atoms with van der Waals surface area (Å²) in [5.41, 5.74) is 11.0. The molecule has 3 aromatic carbocycles. The highest BCUT2D eigenvalue weighted by molar-refractivity contribution is 5.92. The van der Waals surface area contributed by atoms with Crippen molar-refractivity contribution in [2.24, 2.45) is 0 Å². The molecule has 2 nitrogen and oxygen atoms in total. The fourth-order valence-electron chi connectivity index (χ4n) is 5.93. The van der Waals surface area contributed by atoms with E-state index in [9.17, 15) is 13.2 Å². The van der Waals surface area contributed by atoms with Crippen LogP contribution < -0.4 is 4.90 Å². The van der Waals surface area contributed by atoms with Gasteiger partial charge in [0.1, 0.15) is 0 Å². The van der Waals surface area contributed by atoms with E-state index < -0.39 is 11.7 Å². The summed E-state index contributed by atoms with van der Waals surface area (Å²) in [4.78, 5) is 4.12. The number of alkyl halides is 3. The Morgan fingerprint density at radius 1 is 0.738 bits per heavy atom. The Kier molecular flexibility index (Phi) is 7.91. The molecule has 3 aromatic rings. The Balaban J connectivity index is 1.74. The third-order valence-electron chi connectivity index (χ3n) is 8.19. The van der Waals surface area contributed by atoms with E-state index in [4.69, 9.17) is 0 Å². The van der Waals surface area contributed by atoms with Crippen molar-refractivity contribution in [1.29, 1.82) is 0 Å². The van der Waals surface area contributed by atoms with Crippen molar-refractivity contribution in [3.05, 3.63) is 130 Å². The monoisotopic (exact) mass is 568 g/mol. The maximum Gasteiger partial charge on any atom is 0.416 e. The van der Waals surface area contributed by atoms with Gasteiger partial charge in [0.05, 0.1) is 22.7 Å². The van der Waals surface area contributed by atoms with Gasteiger partial charge in [-0.1, -0.05) is 90.1 Å². The lowest BCUT2D eigenvalue weighted by molar-refractivity contribution is -0.137. The standard InChI is InChI=1S/C37H39F3N2/c1-22(2)28-19-30(23(3)4)34(31(20-28)24(5)6)32-13-10-14-33-36(27-15-17-29(18-16-27)37(38,39)40)42(21-41(32)33)35-25(7)11-9-12-26(35)8/h9-20,22-24H,1-8H3. The quantitative estimate of drug-likeness (QED) is 0.292. The molecule has 0 fully saturated rings. The van der Waals surface area contributed by atoms with Crippen LogP contribution in [0, 0.1) is 20.5 Å². The highest BCUT2D eigenvalue weighted by Crippen LogP contribution is 2.48. The largest absolute Gasteiger partial charge is 0.416 e. The summed E-state index contributed by atoms with van der Waals surface area (Å²) < 4.78 is 40.4. The summed E-state index contributed by atoms with van der Waals surface area (Å²) in [6.45, 7) is 21.2. The van der Waals surface area contributed by atoms with Gasteiger partial charge in [-0.15, -0.1) is 0 Å². The van der Waals surface area contributed by atoms with Crippen LogP contribution in [0.5, 0.6) is 0 Å². The van der Waals surface area contributed by atoms with Gasteiger partial charge in [-0.2, -0.15) is 13.2 Å². The third-order valence-corrected chi connectivity index (χ3v) is 8.19. The molecule has 5 heteroatoms. The lowest BCUT2D eigenvalue weighted by Gasteiger charge is -2.31. The average Bonchev–Trinajstić information content (AvgIpc) is 3.30. The first kappa shape index (κ1) is 29.8. The molecule has 0 aromatic heterocycles. The summed E-state index contributed by atoms with van der Waals surface area (Å²) in [5, 5.41) is 0. The Morgan fingerprint density at radius 2 is 1.31 bits per heavy atom. The van der Waals surface area contributed by atoms with Crippen LogP contribution in [0.4, 0.5) is 18.9 Å². The minimum absolute atomic E-state index is 0.294. The highest BCUT2D eigenvalue weighted by atomic mass is 19.4. The van der Waals surface area contributed by atoms with Crippen molar-refractivity contribution >= 4 is 17.1 Å². The molecule has 0 saturated heterocycles. The maximum absolute atomic E-state index is 13.5. The highest BCUT2D eigenvalue weighted by Gasteiger charge is 2.38. The molecule has 2 radical (unpaired) electrons. The summed E-state index contributed by atoms with van der Waals surface area (Å²) in [6, 6.07) is 16.3. The first-order valence-electron chi connectivity index (χ1n) is 14.7. The average molecular weight is 569 g/mol. The second kappa shape index (κ2) is 11.2. The number of halogens is 3. The molecular weight excluding hydrogens is 529 g/mol. The van der Waals surface area contributed by atoms with Crippen LogP contribution in [0.3, 0.4) is 0 Å². The Hall–Kier alpha value is -3.73. The molecule has 2 aliphatic rings. The number of anilines is 1. The predicted molar refractivity (Wildman–Crippen MR) is 168 cm³/mol. The normalized spacial score (nSPS) is 15.4. The number of aryl methyl sites for hydroxylation is 2. The SMILES string of the molecule is Cc1cccc(C)c1N1[C]N2C(c3c(C(C)C)cc(C(C)C)cc3C(C)C)=CC=CC2=C1c1ccc(C(F)(F)F)cc1. The van der Waals surface area contributed by atoms with E-state index in [1.54, 1.807) is 12.1 Å². The van der Waals surface area contributed by atoms with Gasteiger partial charge in [-0.05, 0) is 83.7 Å². The van der Waals surface area contributed by atoms with Gasteiger partial charge in [0.25, 0.3) is 0 Å². The van der Waals surface area contributed by atoms with E-state index in [2.05, 4.69) is 97.3 Å². The first-order valence-corrected chi connectivity index (χ1v) is 14.7. The molecule has 0 atom stereocenters. The fourth-order valence-corrected chi connectivity index (χ4v) is 5.93. The first-order chi connectivity index (χ1) is 19.8. The molecule has 2 heterocycles. The number of hydrogen-bond acceptors (Lipinski definition) is 2. The Bertz CT molecular complexity index is 1530. The molecule has 42 heavy (non-hydrogen) atoms. The van der Waals surface area contributed by atoms with E-state index in [0.29, 0.717) is 23.3 Å². The van der Waals surface area contributed by atoms with Crippen LogP contribution in [0.15, 0.2) is 78.5 Å². The molecule has 0 spiro atoms. The van der Waals surface area contributed by atoms with Crippen LogP contribution in [0.25, 0.3) is 11.4 Å². The molecule has 0 bridgehead atoms. The fraction of sp³-hybridized carbons (Fsp3) is 0.324. The Morgan fingerprint density at radius 3 is 1.81 bits per heavy atom.